The summed E-state index contributed by atoms with van der Waals surface area (Å²) in [7, 11) is -2.26. The van der Waals surface area contributed by atoms with Gasteiger partial charge in [0.15, 0.2) is 0 Å². The number of rotatable bonds is 4. The quantitative estimate of drug-likeness (QED) is 0.866. The molecule has 1 aromatic rings. The molecule has 0 saturated heterocycles. The molecule has 0 saturated carbocycles. The number of nitrogen functional groups attached to an aromatic ring is 1. The maximum Gasteiger partial charge on any atom is 0.243 e. The standard InChI is InChI=1S/C13H21FN2O2S/c1-6-13(3,4)16(5)19(17,18)10-7-11(14)9(2)12(15)8-10/h7-8H,6,15H2,1-5H3. The van der Waals surface area contributed by atoms with Crippen LogP contribution in [0.4, 0.5) is 10.1 Å². The second-order valence-corrected chi connectivity index (χ2v) is 7.23. The minimum absolute atomic E-state index is 0.114. The van der Waals surface area contributed by atoms with Gasteiger partial charge < -0.3 is 5.73 Å². The Balaban J connectivity index is 3.37. The minimum Gasteiger partial charge on any atom is -0.398 e. The largest absolute Gasteiger partial charge is 0.398 e. The highest BCUT2D eigenvalue weighted by Gasteiger charge is 2.33. The van der Waals surface area contributed by atoms with E-state index in [9.17, 15) is 12.8 Å². The van der Waals surface area contributed by atoms with Crippen molar-refractivity contribution in [1.82, 2.24) is 4.31 Å². The number of nitrogens with two attached hydrogens (primary N) is 1. The molecule has 0 fully saturated rings. The Bertz CT molecular complexity index is 559. The summed E-state index contributed by atoms with van der Waals surface area (Å²) in [4.78, 5) is -0.114. The van der Waals surface area contributed by atoms with Gasteiger partial charge in [-0.15, -0.1) is 0 Å². The number of nitrogens with zero attached hydrogens (tertiary/aromatic N) is 1. The highest BCUT2D eigenvalue weighted by atomic mass is 32.2. The Labute approximate surface area is 114 Å². The van der Waals surface area contributed by atoms with E-state index in [1.165, 1.54) is 24.3 Å². The van der Waals surface area contributed by atoms with Crippen LogP contribution >= 0.6 is 0 Å². The van der Waals surface area contributed by atoms with E-state index >= 15 is 0 Å². The van der Waals surface area contributed by atoms with Crippen LogP contribution in [0.15, 0.2) is 17.0 Å². The molecule has 0 spiro atoms. The topological polar surface area (TPSA) is 63.4 Å². The summed E-state index contributed by atoms with van der Waals surface area (Å²) in [5, 5.41) is 0. The molecule has 1 aromatic carbocycles. The molecule has 4 nitrogen and oxygen atoms in total. The van der Waals surface area contributed by atoms with E-state index in [1.54, 1.807) is 0 Å². The molecule has 6 heteroatoms. The van der Waals surface area contributed by atoms with Gasteiger partial charge in [-0.1, -0.05) is 6.92 Å². The number of sulfonamides is 1. The van der Waals surface area contributed by atoms with Crippen LogP contribution in [0.1, 0.15) is 32.8 Å². The molecule has 108 valence electrons. The van der Waals surface area contributed by atoms with Gasteiger partial charge in [0.2, 0.25) is 10.0 Å². The molecule has 0 bridgehead atoms. The van der Waals surface area contributed by atoms with Crippen LogP contribution in [0.2, 0.25) is 0 Å². The lowest BCUT2D eigenvalue weighted by Crippen LogP contribution is -2.44. The van der Waals surface area contributed by atoms with Gasteiger partial charge in [-0.05, 0) is 39.3 Å². The lowest BCUT2D eigenvalue weighted by Gasteiger charge is -2.33. The highest BCUT2D eigenvalue weighted by molar-refractivity contribution is 7.89. The third kappa shape index (κ3) is 2.90. The van der Waals surface area contributed by atoms with E-state index in [0.29, 0.717) is 6.42 Å². The number of anilines is 1. The molecule has 0 heterocycles. The van der Waals surface area contributed by atoms with Crippen LogP contribution in [0.3, 0.4) is 0 Å². The van der Waals surface area contributed by atoms with Crippen molar-refractivity contribution in [3.8, 4) is 0 Å². The maximum absolute atomic E-state index is 13.6. The van der Waals surface area contributed by atoms with Crippen LogP contribution in [-0.2, 0) is 10.0 Å². The van der Waals surface area contributed by atoms with Crippen LogP contribution in [0, 0.1) is 12.7 Å². The summed E-state index contributed by atoms with van der Waals surface area (Å²) in [6, 6.07) is 2.32. The van der Waals surface area contributed by atoms with Crippen molar-refractivity contribution in [2.75, 3.05) is 12.8 Å². The lowest BCUT2D eigenvalue weighted by atomic mass is 10.0. The van der Waals surface area contributed by atoms with Crippen molar-refractivity contribution in [2.24, 2.45) is 0 Å². The number of hydrogen-bond donors (Lipinski definition) is 1. The van der Waals surface area contributed by atoms with E-state index in [4.69, 9.17) is 5.73 Å². The Morgan fingerprint density at radius 1 is 1.37 bits per heavy atom. The number of benzene rings is 1. The van der Waals surface area contributed by atoms with Crippen molar-refractivity contribution in [2.45, 2.75) is 44.6 Å². The molecule has 19 heavy (non-hydrogen) atoms. The monoisotopic (exact) mass is 288 g/mol. The molecular weight excluding hydrogens is 267 g/mol. The molecule has 0 aliphatic heterocycles. The smallest absolute Gasteiger partial charge is 0.243 e. The van der Waals surface area contributed by atoms with Crippen LogP contribution in [0.5, 0.6) is 0 Å². The second kappa shape index (κ2) is 5.09. The molecule has 0 atom stereocenters. The van der Waals surface area contributed by atoms with Gasteiger partial charge in [0.25, 0.3) is 0 Å². The van der Waals surface area contributed by atoms with Gasteiger partial charge in [0.1, 0.15) is 5.82 Å². The van der Waals surface area contributed by atoms with E-state index in [2.05, 4.69) is 0 Å². The average molecular weight is 288 g/mol. The van der Waals surface area contributed by atoms with Crippen molar-refractivity contribution in [1.29, 1.82) is 0 Å². The van der Waals surface area contributed by atoms with E-state index in [-0.39, 0.29) is 16.1 Å². The number of hydrogen-bond acceptors (Lipinski definition) is 3. The fourth-order valence-corrected chi connectivity index (χ4v) is 3.15. The van der Waals surface area contributed by atoms with Gasteiger partial charge >= 0.3 is 0 Å². The maximum atomic E-state index is 13.6. The van der Waals surface area contributed by atoms with Gasteiger partial charge in [-0.3, -0.25) is 0 Å². The van der Waals surface area contributed by atoms with Gasteiger partial charge in [-0.25, -0.2) is 12.8 Å². The predicted molar refractivity (Wildman–Crippen MR) is 74.9 cm³/mol. The van der Waals surface area contributed by atoms with Crippen LogP contribution < -0.4 is 5.73 Å². The summed E-state index contributed by atoms with van der Waals surface area (Å²) in [5.41, 5.74) is 5.49. The average Bonchev–Trinajstić information content (AvgIpc) is 2.34. The van der Waals surface area contributed by atoms with E-state index in [1.807, 2.05) is 20.8 Å². The molecular formula is C13H21FN2O2S. The Morgan fingerprint density at radius 2 is 1.89 bits per heavy atom. The molecule has 0 amide bonds. The second-order valence-electron chi connectivity index (χ2n) is 5.26. The Morgan fingerprint density at radius 3 is 2.32 bits per heavy atom. The first-order valence-corrected chi connectivity index (χ1v) is 7.52. The first-order chi connectivity index (χ1) is 8.54. The lowest BCUT2D eigenvalue weighted by molar-refractivity contribution is 0.257. The van der Waals surface area contributed by atoms with Crippen molar-refractivity contribution in [3.63, 3.8) is 0 Å². The predicted octanol–water partition coefficient (Wildman–Crippen LogP) is 2.53. The molecule has 0 aliphatic carbocycles. The molecule has 0 unspecified atom stereocenters. The van der Waals surface area contributed by atoms with E-state index in [0.717, 1.165) is 6.07 Å². The summed E-state index contributed by atoms with van der Waals surface area (Å²) in [6.07, 6.45) is 0.645. The number of halogens is 1. The zero-order valence-electron chi connectivity index (χ0n) is 12.0. The van der Waals surface area contributed by atoms with E-state index < -0.39 is 21.4 Å². The molecule has 0 radical (unpaired) electrons. The first kappa shape index (κ1) is 15.9. The highest BCUT2D eigenvalue weighted by Crippen LogP contribution is 2.28. The summed E-state index contributed by atoms with van der Waals surface area (Å²) in [6.45, 7) is 7.05. The fourth-order valence-electron chi connectivity index (χ4n) is 1.53. The normalized spacial score (nSPS) is 13.0. The molecule has 1 rings (SSSR count). The molecule has 0 aliphatic rings. The molecule has 2 N–H and O–H groups in total. The SMILES string of the molecule is CCC(C)(C)N(C)S(=O)(=O)c1cc(N)c(C)c(F)c1. The third-order valence-corrected chi connectivity index (χ3v) is 5.78. The Hall–Kier alpha value is -1.14. The summed E-state index contributed by atoms with van der Waals surface area (Å²) in [5.74, 6) is -0.610. The fraction of sp³-hybridized carbons (Fsp3) is 0.538. The Kier molecular flexibility index (Phi) is 4.27. The van der Waals surface area contributed by atoms with Crippen molar-refractivity contribution in [3.05, 3.63) is 23.5 Å². The van der Waals surface area contributed by atoms with Crippen molar-refractivity contribution >= 4 is 15.7 Å². The zero-order valence-corrected chi connectivity index (χ0v) is 12.8. The third-order valence-electron chi connectivity index (χ3n) is 3.73. The van der Waals surface area contributed by atoms with Crippen LogP contribution in [0.25, 0.3) is 0 Å². The summed E-state index contributed by atoms with van der Waals surface area (Å²) < 4.78 is 39.8. The summed E-state index contributed by atoms with van der Waals surface area (Å²) >= 11 is 0. The zero-order chi connectivity index (χ0) is 15.0. The van der Waals surface area contributed by atoms with Gasteiger partial charge in [0.05, 0.1) is 4.90 Å². The molecule has 0 aromatic heterocycles. The minimum atomic E-state index is -3.76. The first-order valence-electron chi connectivity index (χ1n) is 6.08. The van der Waals surface area contributed by atoms with Gasteiger partial charge in [0, 0.05) is 23.8 Å². The van der Waals surface area contributed by atoms with Gasteiger partial charge in [-0.2, -0.15) is 4.31 Å². The van der Waals surface area contributed by atoms with Crippen molar-refractivity contribution < 1.29 is 12.8 Å². The van der Waals surface area contributed by atoms with Crippen LogP contribution in [-0.4, -0.2) is 25.3 Å².